The Morgan fingerprint density at radius 1 is 1.41 bits per heavy atom. The standard InChI is InChI=1S/C13H19N3O/c1-9-10(14)5-6-13(15-9)16-7-8-17-12-4-2-3-11(12)16/h5-6,11-12H,2-4,7-8,14H2,1H3. The number of hydrogen-bond donors (Lipinski definition) is 1. The quantitative estimate of drug-likeness (QED) is 0.802. The summed E-state index contributed by atoms with van der Waals surface area (Å²) in [6, 6.07) is 4.50. The maximum Gasteiger partial charge on any atom is 0.129 e. The lowest BCUT2D eigenvalue weighted by molar-refractivity contribution is 0.0253. The van der Waals surface area contributed by atoms with Crippen molar-refractivity contribution >= 4 is 11.5 Å². The fourth-order valence-electron chi connectivity index (χ4n) is 2.93. The number of nitrogen functional groups attached to an aromatic ring is 1. The Morgan fingerprint density at radius 3 is 3.12 bits per heavy atom. The van der Waals surface area contributed by atoms with E-state index >= 15 is 0 Å². The number of morpholine rings is 1. The van der Waals surface area contributed by atoms with Crippen molar-refractivity contribution in [2.24, 2.45) is 0 Å². The molecule has 0 aromatic carbocycles. The fourth-order valence-corrected chi connectivity index (χ4v) is 2.93. The Balaban J connectivity index is 1.89. The first-order valence-electron chi connectivity index (χ1n) is 6.37. The minimum atomic E-state index is 0.406. The van der Waals surface area contributed by atoms with Gasteiger partial charge < -0.3 is 15.4 Å². The molecule has 1 aromatic rings. The van der Waals surface area contributed by atoms with Gasteiger partial charge in [-0.25, -0.2) is 4.98 Å². The molecular formula is C13H19N3O. The molecule has 0 spiro atoms. The van der Waals surface area contributed by atoms with Gasteiger partial charge in [-0.3, -0.25) is 0 Å². The molecule has 0 radical (unpaired) electrons. The largest absolute Gasteiger partial charge is 0.397 e. The number of nitrogens with two attached hydrogens (primary N) is 1. The summed E-state index contributed by atoms with van der Waals surface area (Å²) < 4.78 is 5.81. The summed E-state index contributed by atoms with van der Waals surface area (Å²) in [5.74, 6) is 1.05. The van der Waals surface area contributed by atoms with Crippen LogP contribution in [-0.2, 0) is 4.74 Å². The normalized spacial score (nSPS) is 28.2. The van der Waals surface area contributed by atoms with E-state index in [1.165, 1.54) is 19.3 Å². The maximum atomic E-state index is 5.82. The second-order valence-electron chi connectivity index (χ2n) is 4.94. The number of aryl methyl sites for hydroxylation is 1. The molecule has 0 bridgehead atoms. The lowest BCUT2D eigenvalue weighted by Crippen LogP contribution is -2.49. The lowest BCUT2D eigenvalue weighted by Gasteiger charge is -2.38. The SMILES string of the molecule is Cc1nc(N2CCOC3CCCC32)ccc1N. The number of hydrogen-bond acceptors (Lipinski definition) is 4. The molecule has 1 saturated carbocycles. The second-order valence-corrected chi connectivity index (χ2v) is 4.94. The van der Waals surface area contributed by atoms with Crippen LogP contribution >= 0.6 is 0 Å². The van der Waals surface area contributed by atoms with Crippen molar-refractivity contribution in [2.75, 3.05) is 23.8 Å². The third-order valence-electron chi connectivity index (χ3n) is 3.89. The van der Waals surface area contributed by atoms with E-state index in [4.69, 9.17) is 10.5 Å². The number of rotatable bonds is 1. The maximum absolute atomic E-state index is 5.82. The molecular weight excluding hydrogens is 214 g/mol. The van der Waals surface area contributed by atoms with E-state index < -0.39 is 0 Å². The van der Waals surface area contributed by atoms with E-state index in [1.807, 2.05) is 19.1 Å². The number of nitrogens with zero attached hydrogens (tertiary/aromatic N) is 2. The highest BCUT2D eigenvalue weighted by Crippen LogP contribution is 2.32. The summed E-state index contributed by atoms with van der Waals surface area (Å²) in [7, 11) is 0. The van der Waals surface area contributed by atoms with Crippen molar-refractivity contribution < 1.29 is 4.74 Å². The molecule has 1 saturated heterocycles. The van der Waals surface area contributed by atoms with E-state index in [-0.39, 0.29) is 0 Å². The molecule has 2 unspecified atom stereocenters. The Morgan fingerprint density at radius 2 is 2.29 bits per heavy atom. The summed E-state index contributed by atoms with van der Waals surface area (Å²) in [4.78, 5) is 7.00. The Labute approximate surface area is 102 Å². The highest BCUT2D eigenvalue weighted by molar-refractivity contribution is 5.51. The summed E-state index contributed by atoms with van der Waals surface area (Å²) in [5.41, 5.74) is 7.51. The molecule has 2 atom stereocenters. The molecule has 0 amide bonds. The van der Waals surface area contributed by atoms with Crippen LogP contribution in [-0.4, -0.2) is 30.3 Å². The monoisotopic (exact) mass is 233 g/mol. The molecule has 2 heterocycles. The number of aromatic nitrogens is 1. The van der Waals surface area contributed by atoms with Crippen LogP contribution < -0.4 is 10.6 Å². The van der Waals surface area contributed by atoms with Gasteiger partial charge in [-0.15, -0.1) is 0 Å². The van der Waals surface area contributed by atoms with E-state index in [0.29, 0.717) is 12.1 Å². The molecule has 17 heavy (non-hydrogen) atoms. The van der Waals surface area contributed by atoms with Crippen molar-refractivity contribution in [3.05, 3.63) is 17.8 Å². The number of ether oxygens (including phenoxy) is 1. The molecule has 3 rings (SSSR count). The average Bonchev–Trinajstić information content (AvgIpc) is 2.80. The van der Waals surface area contributed by atoms with Crippen LogP contribution in [0.15, 0.2) is 12.1 Å². The van der Waals surface area contributed by atoms with Gasteiger partial charge in [0.1, 0.15) is 5.82 Å². The van der Waals surface area contributed by atoms with E-state index in [2.05, 4.69) is 9.88 Å². The highest BCUT2D eigenvalue weighted by Gasteiger charge is 2.36. The average molecular weight is 233 g/mol. The molecule has 1 aliphatic carbocycles. The van der Waals surface area contributed by atoms with Gasteiger partial charge in [0.2, 0.25) is 0 Å². The molecule has 1 aliphatic heterocycles. The van der Waals surface area contributed by atoms with Crippen LogP contribution in [0.2, 0.25) is 0 Å². The molecule has 4 nitrogen and oxygen atoms in total. The van der Waals surface area contributed by atoms with Crippen LogP contribution in [0.25, 0.3) is 0 Å². The van der Waals surface area contributed by atoms with Crippen molar-refractivity contribution in [1.29, 1.82) is 0 Å². The van der Waals surface area contributed by atoms with Crippen LogP contribution in [0, 0.1) is 6.92 Å². The third-order valence-corrected chi connectivity index (χ3v) is 3.89. The Hall–Kier alpha value is -1.29. The first-order valence-corrected chi connectivity index (χ1v) is 6.37. The van der Waals surface area contributed by atoms with E-state index in [9.17, 15) is 0 Å². The zero-order chi connectivity index (χ0) is 11.8. The summed E-state index contributed by atoms with van der Waals surface area (Å²) in [6.45, 7) is 3.72. The van der Waals surface area contributed by atoms with Gasteiger partial charge in [0.15, 0.2) is 0 Å². The van der Waals surface area contributed by atoms with Crippen LogP contribution in [0.3, 0.4) is 0 Å². The van der Waals surface area contributed by atoms with Gasteiger partial charge in [-0.1, -0.05) is 0 Å². The van der Waals surface area contributed by atoms with Gasteiger partial charge in [0, 0.05) is 6.54 Å². The lowest BCUT2D eigenvalue weighted by atomic mass is 10.1. The third kappa shape index (κ3) is 1.86. The number of pyridine rings is 1. The molecule has 2 aliphatic rings. The predicted molar refractivity (Wildman–Crippen MR) is 68.1 cm³/mol. The van der Waals surface area contributed by atoms with E-state index in [1.54, 1.807) is 0 Å². The first kappa shape index (κ1) is 10.8. The first-order chi connectivity index (χ1) is 8.25. The zero-order valence-corrected chi connectivity index (χ0v) is 10.2. The van der Waals surface area contributed by atoms with Crippen molar-refractivity contribution in [3.8, 4) is 0 Å². The van der Waals surface area contributed by atoms with Gasteiger partial charge >= 0.3 is 0 Å². The van der Waals surface area contributed by atoms with Crippen molar-refractivity contribution in [3.63, 3.8) is 0 Å². The fraction of sp³-hybridized carbons (Fsp3) is 0.615. The van der Waals surface area contributed by atoms with Gasteiger partial charge in [0.25, 0.3) is 0 Å². The minimum absolute atomic E-state index is 0.406. The summed E-state index contributed by atoms with van der Waals surface area (Å²) in [6.07, 6.45) is 4.08. The topological polar surface area (TPSA) is 51.4 Å². The van der Waals surface area contributed by atoms with Gasteiger partial charge in [0.05, 0.1) is 30.1 Å². The van der Waals surface area contributed by atoms with E-state index in [0.717, 1.165) is 30.4 Å². The smallest absolute Gasteiger partial charge is 0.129 e. The van der Waals surface area contributed by atoms with Crippen LogP contribution in [0.5, 0.6) is 0 Å². The summed E-state index contributed by atoms with van der Waals surface area (Å²) >= 11 is 0. The van der Waals surface area contributed by atoms with Crippen LogP contribution in [0.4, 0.5) is 11.5 Å². The second kappa shape index (κ2) is 4.18. The minimum Gasteiger partial charge on any atom is -0.397 e. The zero-order valence-electron chi connectivity index (χ0n) is 10.2. The van der Waals surface area contributed by atoms with Crippen LogP contribution in [0.1, 0.15) is 25.0 Å². The van der Waals surface area contributed by atoms with Crippen molar-refractivity contribution in [1.82, 2.24) is 4.98 Å². The number of fused-ring (bicyclic) bond motifs is 1. The van der Waals surface area contributed by atoms with Gasteiger partial charge in [-0.05, 0) is 38.3 Å². The number of anilines is 2. The summed E-state index contributed by atoms with van der Waals surface area (Å²) in [5, 5.41) is 0. The highest BCUT2D eigenvalue weighted by atomic mass is 16.5. The molecule has 4 heteroatoms. The molecule has 92 valence electrons. The molecule has 2 N–H and O–H groups in total. The Kier molecular flexibility index (Phi) is 2.67. The van der Waals surface area contributed by atoms with Gasteiger partial charge in [-0.2, -0.15) is 0 Å². The van der Waals surface area contributed by atoms with Crippen molar-refractivity contribution in [2.45, 2.75) is 38.3 Å². The molecule has 2 fully saturated rings. The molecule has 1 aromatic heterocycles. The Bertz CT molecular complexity index is 421. The predicted octanol–water partition coefficient (Wildman–Crippen LogP) is 1.73.